The molecule has 0 aromatic carbocycles. The predicted octanol–water partition coefficient (Wildman–Crippen LogP) is 1.27. The number of aromatic nitrogens is 1. The summed E-state index contributed by atoms with van der Waals surface area (Å²) in [5.41, 5.74) is 0.971. The van der Waals surface area contributed by atoms with Gasteiger partial charge in [-0.25, -0.2) is 0 Å². The summed E-state index contributed by atoms with van der Waals surface area (Å²) in [6.45, 7) is 0. The summed E-state index contributed by atoms with van der Waals surface area (Å²) < 4.78 is 0. The molecule has 1 saturated carbocycles. The van der Waals surface area contributed by atoms with Crippen molar-refractivity contribution in [2.45, 2.75) is 44.2 Å². The average Bonchev–Trinajstić information content (AvgIpc) is 2.40. The summed E-state index contributed by atoms with van der Waals surface area (Å²) in [7, 11) is 2.01. The van der Waals surface area contributed by atoms with Gasteiger partial charge >= 0.3 is 0 Å². The molecule has 0 saturated heterocycles. The lowest BCUT2D eigenvalue weighted by molar-refractivity contribution is -0.121. The molecule has 1 aliphatic carbocycles. The van der Waals surface area contributed by atoms with Gasteiger partial charge in [-0.2, -0.15) is 0 Å². The molecule has 4 nitrogen and oxygen atoms in total. The van der Waals surface area contributed by atoms with Gasteiger partial charge < -0.3 is 10.6 Å². The van der Waals surface area contributed by atoms with Gasteiger partial charge in [0, 0.05) is 24.5 Å². The van der Waals surface area contributed by atoms with Crippen LogP contribution < -0.4 is 10.6 Å². The first-order valence-corrected chi connectivity index (χ1v) is 6.63. The summed E-state index contributed by atoms with van der Waals surface area (Å²) in [5.74, 6) is 0.107. The van der Waals surface area contributed by atoms with Crippen LogP contribution in [0.3, 0.4) is 0 Å². The van der Waals surface area contributed by atoms with E-state index in [1.54, 1.807) is 12.4 Å². The molecule has 0 bridgehead atoms. The van der Waals surface area contributed by atoms with E-state index in [1.165, 1.54) is 0 Å². The van der Waals surface area contributed by atoms with Crippen LogP contribution in [-0.4, -0.2) is 30.0 Å². The van der Waals surface area contributed by atoms with E-state index in [0.29, 0.717) is 18.5 Å². The van der Waals surface area contributed by atoms with Crippen LogP contribution in [0.2, 0.25) is 0 Å². The van der Waals surface area contributed by atoms with Crippen LogP contribution in [0.1, 0.15) is 31.2 Å². The number of carbonyl (C=O) groups excluding carboxylic acids is 1. The molecule has 1 fully saturated rings. The number of amides is 1. The molecule has 1 aliphatic rings. The van der Waals surface area contributed by atoms with Crippen LogP contribution in [-0.2, 0) is 11.2 Å². The molecule has 0 radical (unpaired) electrons. The van der Waals surface area contributed by atoms with Crippen LogP contribution in [0.4, 0.5) is 0 Å². The Hall–Kier alpha value is -1.42. The van der Waals surface area contributed by atoms with Crippen LogP contribution in [0.5, 0.6) is 0 Å². The number of rotatable bonds is 4. The highest BCUT2D eigenvalue weighted by Crippen LogP contribution is 2.18. The van der Waals surface area contributed by atoms with Crippen molar-refractivity contribution >= 4 is 5.91 Å². The normalized spacial score (nSPS) is 23.6. The van der Waals surface area contributed by atoms with Gasteiger partial charge in [-0.15, -0.1) is 0 Å². The fourth-order valence-electron chi connectivity index (χ4n) is 2.49. The van der Waals surface area contributed by atoms with Crippen molar-refractivity contribution in [2.24, 2.45) is 0 Å². The van der Waals surface area contributed by atoms with Gasteiger partial charge in [0.15, 0.2) is 0 Å². The van der Waals surface area contributed by atoms with Crippen LogP contribution >= 0.6 is 0 Å². The van der Waals surface area contributed by atoms with Crippen molar-refractivity contribution < 1.29 is 4.79 Å². The second-order valence-corrected chi connectivity index (χ2v) is 4.94. The number of hydrogen-bond acceptors (Lipinski definition) is 3. The topological polar surface area (TPSA) is 54.0 Å². The lowest BCUT2D eigenvalue weighted by atomic mass is 9.91. The van der Waals surface area contributed by atoms with E-state index in [2.05, 4.69) is 15.6 Å². The van der Waals surface area contributed by atoms with Crippen molar-refractivity contribution in [1.29, 1.82) is 0 Å². The quantitative estimate of drug-likeness (QED) is 0.842. The maximum absolute atomic E-state index is 11.9. The van der Waals surface area contributed by atoms with Crippen molar-refractivity contribution in [3.05, 3.63) is 30.1 Å². The summed E-state index contributed by atoms with van der Waals surface area (Å²) in [5, 5.41) is 6.41. The van der Waals surface area contributed by atoms with E-state index in [-0.39, 0.29) is 5.91 Å². The SMILES string of the molecule is CNC1CCC(NC(=O)Cc2cccnc2)CC1. The highest BCUT2D eigenvalue weighted by atomic mass is 16.1. The highest BCUT2D eigenvalue weighted by molar-refractivity contribution is 5.78. The van der Waals surface area contributed by atoms with Crippen molar-refractivity contribution in [3.8, 4) is 0 Å². The maximum atomic E-state index is 11.9. The minimum absolute atomic E-state index is 0.107. The van der Waals surface area contributed by atoms with Gasteiger partial charge in [-0.05, 0) is 44.4 Å². The second kappa shape index (κ2) is 6.50. The third kappa shape index (κ3) is 3.81. The molecule has 0 atom stereocenters. The summed E-state index contributed by atoms with van der Waals surface area (Å²) in [6, 6.07) is 4.76. The molecule has 0 unspecified atom stereocenters. The van der Waals surface area contributed by atoms with Crippen LogP contribution in [0.25, 0.3) is 0 Å². The first-order chi connectivity index (χ1) is 8.78. The molecule has 0 aliphatic heterocycles. The largest absolute Gasteiger partial charge is 0.353 e. The van der Waals surface area contributed by atoms with Crippen LogP contribution in [0, 0.1) is 0 Å². The molecule has 18 heavy (non-hydrogen) atoms. The van der Waals surface area contributed by atoms with E-state index in [4.69, 9.17) is 0 Å². The van der Waals surface area contributed by atoms with E-state index in [1.807, 2.05) is 19.2 Å². The third-order valence-corrected chi connectivity index (χ3v) is 3.59. The maximum Gasteiger partial charge on any atom is 0.224 e. The molecule has 1 heterocycles. The lowest BCUT2D eigenvalue weighted by Gasteiger charge is -2.28. The molecule has 1 aromatic heterocycles. The Morgan fingerprint density at radius 3 is 2.67 bits per heavy atom. The Morgan fingerprint density at radius 2 is 2.06 bits per heavy atom. The van der Waals surface area contributed by atoms with Crippen molar-refractivity contribution in [1.82, 2.24) is 15.6 Å². The monoisotopic (exact) mass is 247 g/mol. The van der Waals surface area contributed by atoms with E-state index in [0.717, 1.165) is 31.2 Å². The van der Waals surface area contributed by atoms with Gasteiger partial charge in [-0.1, -0.05) is 6.07 Å². The number of hydrogen-bond donors (Lipinski definition) is 2. The Bertz CT molecular complexity index is 372. The number of nitrogens with one attached hydrogen (secondary N) is 2. The fourth-order valence-corrected chi connectivity index (χ4v) is 2.49. The molecule has 98 valence electrons. The van der Waals surface area contributed by atoms with Gasteiger partial charge in [-0.3, -0.25) is 9.78 Å². The minimum Gasteiger partial charge on any atom is -0.353 e. The predicted molar refractivity (Wildman–Crippen MR) is 71.2 cm³/mol. The molecular weight excluding hydrogens is 226 g/mol. The second-order valence-electron chi connectivity index (χ2n) is 4.94. The van der Waals surface area contributed by atoms with Crippen molar-refractivity contribution in [3.63, 3.8) is 0 Å². The molecule has 2 N–H and O–H groups in total. The number of pyridine rings is 1. The third-order valence-electron chi connectivity index (χ3n) is 3.59. The Balaban J connectivity index is 1.75. The molecule has 1 aromatic rings. The van der Waals surface area contributed by atoms with Gasteiger partial charge in [0.25, 0.3) is 0 Å². The lowest BCUT2D eigenvalue weighted by Crippen LogP contribution is -2.41. The zero-order chi connectivity index (χ0) is 12.8. The van der Waals surface area contributed by atoms with Crippen molar-refractivity contribution in [2.75, 3.05) is 7.05 Å². The molecular formula is C14H21N3O. The van der Waals surface area contributed by atoms with E-state index in [9.17, 15) is 4.79 Å². The molecule has 1 amide bonds. The van der Waals surface area contributed by atoms with Gasteiger partial charge in [0.05, 0.1) is 6.42 Å². The zero-order valence-electron chi connectivity index (χ0n) is 10.9. The summed E-state index contributed by atoms with van der Waals surface area (Å²) in [4.78, 5) is 15.9. The fraction of sp³-hybridized carbons (Fsp3) is 0.571. The summed E-state index contributed by atoms with van der Waals surface area (Å²) in [6.07, 6.45) is 8.34. The Morgan fingerprint density at radius 1 is 1.33 bits per heavy atom. The van der Waals surface area contributed by atoms with Gasteiger partial charge in [0.1, 0.15) is 0 Å². The van der Waals surface area contributed by atoms with E-state index >= 15 is 0 Å². The Labute approximate surface area is 108 Å². The highest BCUT2D eigenvalue weighted by Gasteiger charge is 2.21. The summed E-state index contributed by atoms with van der Waals surface area (Å²) >= 11 is 0. The molecule has 0 spiro atoms. The zero-order valence-corrected chi connectivity index (χ0v) is 10.9. The average molecular weight is 247 g/mol. The first-order valence-electron chi connectivity index (χ1n) is 6.63. The van der Waals surface area contributed by atoms with Gasteiger partial charge in [0.2, 0.25) is 5.91 Å². The molecule has 4 heteroatoms. The van der Waals surface area contributed by atoms with Crippen LogP contribution in [0.15, 0.2) is 24.5 Å². The van der Waals surface area contributed by atoms with E-state index < -0.39 is 0 Å². The standard InChI is InChI=1S/C14H21N3O/c1-15-12-4-6-13(7-5-12)17-14(18)9-11-3-2-8-16-10-11/h2-3,8,10,12-13,15H,4-7,9H2,1H3,(H,17,18). The number of nitrogens with zero attached hydrogens (tertiary/aromatic N) is 1. The molecule has 2 rings (SSSR count). The Kier molecular flexibility index (Phi) is 4.70. The number of carbonyl (C=O) groups is 1. The minimum atomic E-state index is 0.107. The smallest absolute Gasteiger partial charge is 0.224 e. The first kappa shape index (κ1) is 13.0.